The number of anilines is 1. The van der Waals surface area contributed by atoms with Crippen LogP contribution in [-0.2, 0) is 22.6 Å². The van der Waals surface area contributed by atoms with Crippen LogP contribution in [0.1, 0.15) is 95.6 Å². The summed E-state index contributed by atoms with van der Waals surface area (Å²) in [6.07, 6.45) is 7.62. The van der Waals surface area contributed by atoms with Gasteiger partial charge in [0.05, 0.1) is 11.0 Å². The molecule has 1 heterocycles. The number of nitrogens with zero attached hydrogens (tertiary/aromatic N) is 2. The number of hydrogen-bond donors (Lipinski definition) is 2. The lowest BCUT2D eigenvalue weighted by molar-refractivity contribution is -0.167. The van der Waals surface area contributed by atoms with Crippen molar-refractivity contribution in [1.82, 2.24) is 9.97 Å². The van der Waals surface area contributed by atoms with Crippen molar-refractivity contribution in [1.29, 1.82) is 0 Å². The Morgan fingerprint density at radius 1 is 0.860 bits per heavy atom. The summed E-state index contributed by atoms with van der Waals surface area (Å²) in [5, 5.41) is 8.93. The molecule has 0 fully saturated rings. The number of carbonyl (C=O) groups is 2. The van der Waals surface area contributed by atoms with Crippen LogP contribution in [0.3, 0.4) is 0 Å². The van der Waals surface area contributed by atoms with Crippen LogP contribution in [0.4, 0.5) is 5.95 Å². The molecule has 0 amide bonds. The third kappa shape index (κ3) is 11.9. The lowest BCUT2D eigenvalue weighted by atomic mass is 9.72. The Labute approximate surface area is 260 Å². The van der Waals surface area contributed by atoms with Gasteiger partial charge >= 0.3 is 11.9 Å². The number of benzene rings is 2. The molecule has 3 rings (SSSR count). The minimum absolute atomic E-state index is 0.0420. The van der Waals surface area contributed by atoms with Crippen LogP contribution in [0, 0.1) is 10.8 Å². The normalized spacial score (nSPS) is 12.1. The molecule has 0 spiro atoms. The molecule has 2 aromatic carbocycles. The number of rotatable bonds is 15. The highest BCUT2D eigenvalue weighted by Crippen LogP contribution is 2.39. The molecule has 0 saturated carbocycles. The molecule has 0 aliphatic rings. The molecule has 2 N–H and O–H groups in total. The number of carbonyl (C=O) groups excluding carboxylic acids is 1. The Hall–Kier alpha value is -3.59. The van der Waals surface area contributed by atoms with Gasteiger partial charge in [0.1, 0.15) is 18.0 Å². The van der Waals surface area contributed by atoms with E-state index in [4.69, 9.17) is 14.6 Å². The van der Waals surface area contributed by atoms with E-state index in [1.165, 1.54) is 29.9 Å². The van der Waals surface area contributed by atoms with Crippen LogP contribution in [0.25, 0.3) is 0 Å². The van der Waals surface area contributed by atoms with Gasteiger partial charge in [-0.3, -0.25) is 9.52 Å². The van der Waals surface area contributed by atoms with Crippen LogP contribution in [0.15, 0.2) is 65.8 Å². The topological polar surface area (TPSA) is 111 Å². The van der Waals surface area contributed by atoms with E-state index >= 15 is 0 Å². The molecule has 232 valence electrons. The molecule has 1 aromatic heterocycles. The zero-order chi connectivity index (χ0) is 31.7. The summed E-state index contributed by atoms with van der Waals surface area (Å²) in [7, 11) is 0. The summed E-state index contributed by atoms with van der Waals surface area (Å²) in [6, 6.07) is 16.3. The molecule has 0 saturated heterocycles. The maximum Gasteiger partial charge on any atom is 0.338 e. The van der Waals surface area contributed by atoms with E-state index in [0.717, 1.165) is 48.3 Å². The van der Waals surface area contributed by atoms with Gasteiger partial charge in [0.15, 0.2) is 0 Å². The Bertz CT molecular complexity index is 1330. The minimum atomic E-state index is -1.06. The molecule has 43 heavy (non-hydrogen) atoms. The number of nitrogens with one attached hydrogen (secondary N) is 1. The van der Waals surface area contributed by atoms with Crippen molar-refractivity contribution in [3.63, 3.8) is 0 Å². The molecule has 8 nitrogen and oxygen atoms in total. The number of esters is 1. The van der Waals surface area contributed by atoms with Gasteiger partial charge < -0.3 is 14.6 Å². The second kappa shape index (κ2) is 14.7. The van der Waals surface area contributed by atoms with E-state index in [1.54, 1.807) is 0 Å². The maximum atomic E-state index is 12.7. The first-order valence-corrected chi connectivity index (χ1v) is 15.5. The Balaban J connectivity index is 1.37. The van der Waals surface area contributed by atoms with Crippen molar-refractivity contribution in [2.24, 2.45) is 10.8 Å². The smallest absolute Gasteiger partial charge is 0.338 e. The average molecular weight is 608 g/mol. The van der Waals surface area contributed by atoms with Crippen molar-refractivity contribution < 1.29 is 24.2 Å². The molecule has 0 radical (unpaired) electrons. The fourth-order valence-corrected chi connectivity index (χ4v) is 5.46. The number of unbranched alkanes of at least 4 members (excludes halogenated alkanes) is 1. The molecular weight excluding hydrogens is 562 g/mol. The molecular formula is C34H45N3O5S. The van der Waals surface area contributed by atoms with Gasteiger partial charge in [-0.15, -0.1) is 0 Å². The van der Waals surface area contributed by atoms with Gasteiger partial charge in [0.2, 0.25) is 5.95 Å². The second-order valence-corrected chi connectivity index (χ2v) is 14.2. The summed E-state index contributed by atoms with van der Waals surface area (Å²) in [4.78, 5) is 32.5. The molecule has 3 aromatic rings. The van der Waals surface area contributed by atoms with E-state index < -0.39 is 17.0 Å². The zero-order valence-corrected chi connectivity index (χ0v) is 27.2. The first-order chi connectivity index (χ1) is 20.1. The van der Waals surface area contributed by atoms with Crippen molar-refractivity contribution in [2.45, 2.75) is 97.7 Å². The second-order valence-electron chi connectivity index (χ2n) is 13.3. The number of aryl methyl sites for hydroxylation is 1. The quantitative estimate of drug-likeness (QED) is 0.1000. The summed E-state index contributed by atoms with van der Waals surface area (Å²) in [5.74, 6) is -0.0781. The third-order valence-electron chi connectivity index (χ3n) is 6.85. The van der Waals surface area contributed by atoms with E-state index in [9.17, 15) is 9.59 Å². The number of aromatic carboxylic acids is 1. The number of ether oxygens (including phenoxy) is 2. The highest BCUT2D eigenvalue weighted by Gasteiger charge is 2.37. The van der Waals surface area contributed by atoms with Crippen molar-refractivity contribution in [2.75, 3.05) is 4.72 Å². The molecule has 0 atom stereocenters. The van der Waals surface area contributed by atoms with Gasteiger partial charge in [0.25, 0.3) is 0 Å². The Morgan fingerprint density at radius 3 is 2.05 bits per heavy atom. The summed E-state index contributed by atoms with van der Waals surface area (Å²) in [5.41, 5.74) is 1.53. The van der Waals surface area contributed by atoms with E-state index in [0.29, 0.717) is 12.6 Å². The minimum Gasteiger partial charge on any atom is -0.489 e. The SMILES string of the molecule is CC(C)(CCCCc1ccc(COc2ccc(SNc3ncc(C(=O)O)cn3)cc2)cc1)CC(C)(C)C(=O)OC(C)(C)C. The van der Waals surface area contributed by atoms with Crippen molar-refractivity contribution >= 4 is 29.8 Å². The Morgan fingerprint density at radius 2 is 1.47 bits per heavy atom. The monoisotopic (exact) mass is 607 g/mol. The lowest BCUT2D eigenvalue weighted by Gasteiger charge is -2.35. The maximum absolute atomic E-state index is 12.7. The summed E-state index contributed by atoms with van der Waals surface area (Å²) in [6.45, 7) is 14.7. The lowest BCUT2D eigenvalue weighted by Crippen LogP contribution is -2.36. The van der Waals surface area contributed by atoms with E-state index in [1.807, 2.05) is 58.9 Å². The Kier molecular flexibility index (Phi) is 11.6. The standard InChI is InChI=1S/C34H45N3O5S/c1-32(2,3)42-30(40)34(6,7)23-33(4,5)19-9-8-10-24-11-13-25(14-12-24)22-41-27-15-17-28(18-16-27)43-37-31-35-20-26(21-36-31)29(38)39/h11-18,20-21H,8-10,19,22-23H2,1-7H3,(H,38,39)(H,35,36,37). The zero-order valence-electron chi connectivity index (χ0n) is 26.4. The van der Waals surface area contributed by atoms with Gasteiger partial charge in [0, 0.05) is 17.3 Å². The first kappa shape index (κ1) is 33.9. The molecule has 0 aliphatic carbocycles. The molecule has 9 heteroatoms. The number of hydrogen-bond acceptors (Lipinski definition) is 8. The molecule has 0 bridgehead atoms. The van der Waals surface area contributed by atoms with Gasteiger partial charge in [-0.05, 0) is 113 Å². The fourth-order valence-electron chi connectivity index (χ4n) is 4.87. The average Bonchev–Trinajstić information content (AvgIpc) is 2.93. The van der Waals surface area contributed by atoms with Crippen LogP contribution in [0.5, 0.6) is 5.75 Å². The van der Waals surface area contributed by atoms with Gasteiger partial charge in [-0.25, -0.2) is 14.8 Å². The highest BCUT2D eigenvalue weighted by molar-refractivity contribution is 8.00. The molecule has 0 aliphatic heterocycles. The third-order valence-corrected chi connectivity index (χ3v) is 7.64. The first-order valence-electron chi connectivity index (χ1n) is 14.6. The van der Waals surface area contributed by atoms with Crippen LogP contribution < -0.4 is 9.46 Å². The number of carboxylic acids is 1. The van der Waals surface area contributed by atoms with Crippen LogP contribution >= 0.6 is 11.9 Å². The predicted octanol–water partition coefficient (Wildman–Crippen LogP) is 8.37. The summed E-state index contributed by atoms with van der Waals surface area (Å²) < 4.78 is 14.6. The number of carboxylic acid groups (broad SMARTS) is 1. The van der Waals surface area contributed by atoms with Gasteiger partial charge in [-0.1, -0.05) is 44.5 Å². The summed E-state index contributed by atoms with van der Waals surface area (Å²) >= 11 is 1.33. The fraction of sp³-hybridized carbons (Fsp3) is 0.471. The largest absolute Gasteiger partial charge is 0.489 e. The van der Waals surface area contributed by atoms with Crippen LogP contribution in [0.2, 0.25) is 0 Å². The van der Waals surface area contributed by atoms with Crippen LogP contribution in [-0.4, -0.2) is 32.6 Å². The molecule has 0 unspecified atom stereocenters. The van der Waals surface area contributed by atoms with Crippen molar-refractivity contribution in [3.8, 4) is 5.75 Å². The van der Waals surface area contributed by atoms with E-state index in [2.05, 4.69) is 52.8 Å². The predicted molar refractivity (Wildman–Crippen MR) is 171 cm³/mol. The highest BCUT2D eigenvalue weighted by atomic mass is 32.2. The van der Waals surface area contributed by atoms with E-state index in [-0.39, 0.29) is 16.9 Å². The van der Waals surface area contributed by atoms with Gasteiger partial charge in [-0.2, -0.15) is 0 Å². The van der Waals surface area contributed by atoms with Crippen molar-refractivity contribution in [3.05, 3.63) is 77.6 Å². The number of aromatic nitrogens is 2.